The fourth-order valence-corrected chi connectivity index (χ4v) is 5.02. The first-order chi connectivity index (χ1) is 14.5. The molecule has 2 amide bonds. The molecule has 3 aromatic rings. The Morgan fingerprint density at radius 3 is 2.70 bits per heavy atom. The summed E-state index contributed by atoms with van der Waals surface area (Å²) in [7, 11) is 0. The number of allylic oxidation sites excluding steroid dienone is 2. The van der Waals surface area contributed by atoms with Gasteiger partial charge in [0.05, 0.1) is 0 Å². The molecular formula is C24H27N3O2S. The third-order valence-corrected chi connectivity index (χ3v) is 6.75. The molecule has 1 atom stereocenters. The highest BCUT2D eigenvalue weighted by atomic mass is 32.1. The van der Waals surface area contributed by atoms with Crippen LogP contribution in [0.1, 0.15) is 40.3 Å². The van der Waals surface area contributed by atoms with Crippen molar-refractivity contribution in [2.45, 2.75) is 33.4 Å². The van der Waals surface area contributed by atoms with Crippen molar-refractivity contribution in [3.8, 4) is 0 Å². The van der Waals surface area contributed by atoms with Gasteiger partial charge in [0.1, 0.15) is 10.5 Å². The van der Waals surface area contributed by atoms with Crippen molar-refractivity contribution < 1.29 is 9.59 Å². The fraction of sp³-hybridized carbons (Fsp3) is 0.333. The van der Waals surface area contributed by atoms with Crippen LogP contribution in [-0.4, -0.2) is 51.9 Å². The Morgan fingerprint density at radius 1 is 1.17 bits per heavy atom. The minimum absolute atomic E-state index is 0.0325. The average Bonchev–Trinajstić information content (AvgIpc) is 3.33. The topological polar surface area (TPSA) is 45.6 Å². The number of fused-ring (bicyclic) bond motifs is 1. The highest BCUT2D eigenvalue weighted by Crippen LogP contribution is 2.27. The monoisotopic (exact) mass is 421 g/mol. The average molecular weight is 422 g/mol. The smallest absolute Gasteiger partial charge is 0.270 e. The van der Waals surface area contributed by atoms with Crippen molar-refractivity contribution in [3.05, 3.63) is 70.8 Å². The minimum atomic E-state index is -0.0325. The van der Waals surface area contributed by atoms with E-state index in [-0.39, 0.29) is 17.9 Å². The van der Waals surface area contributed by atoms with Crippen LogP contribution in [0, 0.1) is 6.92 Å². The van der Waals surface area contributed by atoms with Crippen LogP contribution in [0.25, 0.3) is 10.2 Å². The standard InChI is InChI=1S/C24H27N3O2S/c1-4-5-11-27-21(15-19-10-14-30-24(19)27)23(29)25-12-13-26(18(3)16-25)22(28)20-9-7-6-8-17(20)2/h4-10,14-15,18H,11-13,16H2,1-3H3/b5-4-/t18-/m1/s1. The Kier molecular flexibility index (Phi) is 5.77. The maximum atomic E-state index is 13.4. The highest BCUT2D eigenvalue weighted by Gasteiger charge is 2.32. The molecule has 156 valence electrons. The third-order valence-electron chi connectivity index (χ3n) is 5.80. The fourth-order valence-electron chi connectivity index (χ4n) is 4.12. The molecule has 1 aliphatic rings. The van der Waals surface area contributed by atoms with Gasteiger partial charge in [-0.3, -0.25) is 9.59 Å². The van der Waals surface area contributed by atoms with Crippen molar-refractivity contribution >= 4 is 33.4 Å². The van der Waals surface area contributed by atoms with Gasteiger partial charge in [-0.2, -0.15) is 0 Å². The molecular weight excluding hydrogens is 394 g/mol. The molecule has 30 heavy (non-hydrogen) atoms. The number of amides is 2. The van der Waals surface area contributed by atoms with E-state index in [2.05, 4.69) is 22.1 Å². The molecule has 1 aromatic carbocycles. The summed E-state index contributed by atoms with van der Waals surface area (Å²) in [5.41, 5.74) is 2.44. The largest absolute Gasteiger partial charge is 0.334 e. The van der Waals surface area contributed by atoms with E-state index >= 15 is 0 Å². The molecule has 4 rings (SSSR count). The van der Waals surface area contributed by atoms with Gasteiger partial charge in [-0.1, -0.05) is 30.4 Å². The Hall–Kier alpha value is -2.86. The van der Waals surface area contributed by atoms with Crippen molar-refractivity contribution in [2.24, 2.45) is 0 Å². The molecule has 0 N–H and O–H groups in total. The van der Waals surface area contributed by atoms with Gasteiger partial charge in [-0.25, -0.2) is 0 Å². The third kappa shape index (κ3) is 3.67. The molecule has 1 saturated heterocycles. The molecule has 0 saturated carbocycles. The number of rotatable bonds is 4. The second-order valence-electron chi connectivity index (χ2n) is 7.80. The van der Waals surface area contributed by atoms with Gasteiger partial charge in [0, 0.05) is 43.2 Å². The van der Waals surface area contributed by atoms with Crippen molar-refractivity contribution in [1.82, 2.24) is 14.4 Å². The zero-order valence-electron chi connectivity index (χ0n) is 17.7. The second-order valence-corrected chi connectivity index (χ2v) is 8.70. The first kappa shape index (κ1) is 20.4. The van der Waals surface area contributed by atoms with Gasteiger partial charge in [-0.05, 0) is 49.9 Å². The summed E-state index contributed by atoms with van der Waals surface area (Å²) in [4.78, 5) is 31.3. The number of carbonyl (C=O) groups excluding carboxylic acids is 2. The molecule has 6 heteroatoms. The predicted octanol–water partition coefficient (Wildman–Crippen LogP) is 4.57. The van der Waals surface area contributed by atoms with Crippen molar-refractivity contribution in [3.63, 3.8) is 0 Å². The van der Waals surface area contributed by atoms with Crippen LogP contribution in [0.15, 0.2) is 53.9 Å². The van der Waals surface area contributed by atoms with E-state index < -0.39 is 0 Å². The molecule has 0 aliphatic carbocycles. The molecule has 1 fully saturated rings. The maximum absolute atomic E-state index is 13.4. The number of hydrogen-bond acceptors (Lipinski definition) is 3. The normalized spacial score (nSPS) is 17.2. The second kappa shape index (κ2) is 8.48. The summed E-state index contributed by atoms with van der Waals surface area (Å²) in [5.74, 6) is 0.0856. The summed E-state index contributed by atoms with van der Waals surface area (Å²) < 4.78 is 2.10. The first-order valence-corrected chi connectivity index (χ1v) is 11.2. The van der Waals surface area contributed by atoms with Crippen LogP contribution in [0.2, 0.25) is 0 Å². The van der Waals surface area contributed by atoms with E-state index in [1.165, 1.54) is 0 Å². The lowest BCUT2D eigenvalue weighted by Crippen LogP contribution is -2.55. The molecule has 5 nitrogen and oxygen atoms in total. The lowest BCUT2D eigenvalue weighted by Gasteiger charge is -2.40. The van der Waals surface area contributed by atoms with Gasteiger partial charge in [0.2, 0.25) is 0 Å². The molecule has 0 radical (unpaired) electrons. The summed E-state index contributed by atoms with van der Waals surface area (Å²) in [6, 6.07) is 11.7. The number of carbonyl (C=O) groups is 2. The molecule has 0 unspecified atom stereocenters. The number of piperazine rings is 1. The highest BCUT2D eigenvalue weighted by molar-refractivity contribution is 7.16. The lowest BCUT2D eigenvalue weighted by atomic mass is 10.1. The maximum Gasteiger partial charge on any atom is 0.270 e. The molecule has 0 spiro atoms. The summed E-state index contributed by atoms with van der Waals surface area (Å²) in [6.45, 7) is 8.29. The number of thiophene rings is 1. The number of aromatic nitrogens is 1. The molecule has 1 aliphatic heterocycles. The zero-order valence-corrected chi connectivity index (χ0v) is 18.5. The van der Waals surface area contributed by atoms with E-state index in [1.54, 1.807) is 11.3 Å². The van der Waals surface area contributed by atoms with E-state index in [1.807, 2.05) is 67.0 Å². The summed E-state index contributed by atoms with van der Waals surface area (Å²) in [6.07, 6.45) is 4.07. The van der Waals surface area contributed by atoms with Gasteiger partial charge < -0.3 is 14.4 Å². The number of hydrogen-bond donors (Lipinski definition) is 0. The molecule has 0 bridgehead atoms. The van der Waals surface area contributed by atoms with Gasteiger partial charge in [0.25, 0.3) is 11.8 Å². The van der Waals surface area contributed by atoms with Crippen LogP contribution in [-0.2, 0) is 6.54 Å². The van der Waals surface area contributed by atoms with Crippen LogP contribution in [0.3, 0.4) is 0 Å². The Balaban J connectivity index is 1.53. The van der Waals surface area contributed by atoms with E-state index in [0.717, 1.165) is 27.0 Å². The number of aryl methyl sites for hydroxylation is 1. The Bertz CT molecular complexity index is 1110. The van der Waals surface area contributed by atoms with Crippen LogP contribution < -0.4 is 0 Å². The SMILES string of the molecule is C/C=C\Cn1c(C(=O)N2CCN(C(=O)c3ccccc3C)[C@H](C)C2)cc2ccsc21. The Labute approximate surface area is 181 Å². The van der Waals surface area contributed by atoms with Crippen LogP contribution in [0.4, 0.5) is 0 Å². The lowest BCUT2D eigenvalue weighted by molar-refractivity contribution is 0.0409. The first-order valence-electron chi connectivity index (χ1n) is 10.3. The minimum Gasteiger partial charge on any atom is -0.334 e. The zero-order chi connectivity index (χ0) is 21.3. The van der Waals surface area contributed by atoms with Crippen molar-refractivity contribution in [1.29, 1.82) is 0 Å². The molecule has 3 heterocycles. The van der Waals surface area contributed by atoms with Crippen molar-refractivity contribution in [2.75, 3.05) is 19.6 Å². The van der Waals surface area contributed by atoms with Gasteiger partial charge >= 0.3 is 0 Å². The van der Waals surface area contributed by atoms with Crippen LogP contribution in [0.5, 0.6) is 0 Å². The Morgan fingerprint density at radius 2 is 1.97 bits per heavy atom. The van der Waals surface area contributed by atoms with Crippen LogP contribution >= 0.6 is 11.3 Å². The summed E-state index contributed by atoms with van der Waals surface area (Å²) in [5, 5.41) is 3.16. The predicted molar refractivity (Wildman–Crippen MR) is 122 cm³/mol. The van der Waals surface area contributed by atoms with E-state index in [4.69, 9.17) is 0 Å². The summed E-state index contributed by atoms with van der Waals surface area (Å²) >= 11 is 1.66. The quantitative estimate of drug-likeness (QED) is 0.579. The van der Waals surface area contributed by atoms with Gasteiger partial charge in [0.15, 0.2) is 0 Å². The number of nitrogens with zero attached hydrogens (tertiary/aromatic N) is 3. The van der Waals surface area contributed by atoms with E-state index in [9.17, 15) is 9.59 Å². The van der Waals surface area contributed by atoms with E-state index in [0.29, 0.717) is 26.2 Å². The number of benzene rings is 1. The van der Waals surface area contributed by atoms with Gasteiger partial charge in [-0.15, -0.1) is 11.3 Å². The molecule has 2 aromatic heterocycles.